The van der Waals surface area contributed by atoms with Gasteiger partial charge in [0.25, 0.3) is 0 Å². The van der Waals surface area contributed by atoms with Crippen LogP contribution in [-0.2, 0) is 20.9 Å². The Morgan fingerprint density at radius 3 is 2.48 bits per heavy atom. The van der Waals surface area contributed by atoms with Gasteiger partial charge in [0.2, 0.25) is 5.60 Å². The fourth-order valence-corrected chi connectivity index (χ4v) is 2.25. The minimum Gasteiger partial charge on any atom is -0.508 e. The zero-order valence-corrected chi connectivity index (χ0v) is 14.2. The highest BCUT2D eigenvalue weighted by molar-refractivity contribution is 5.79. The monoisotopic (exact) mass is 348 g/mol. The highest BCUT2D eigenvalue weighted by Gasteiger charge is 2.36. The molecule has 0 aliphatic carbocycles. The summed E-state index contributed by atoms with van der Waals surface area (Å²) in [5.41, 5.74) is -0.817. The number of benzene rings is 2. The minimum atomic E-state index is -1.26. The third-order valence-corrected chi connectivity index (χ3v) is 3.74. The number of rotatable bonds is 8. The first-order valence-corrected chi connectivity index (χ1v) is 7.82. The van der Waals surface area contributed by atoms with Crippen molar-refractivity contribution in [3.63, 3.8) is 0 Å². The first-order chi connectivity index (χ1) is 11.9. The average molecular weight is 348 g/mol. The maximum Gasteiger partial charge on any atom is 0.350 e. The van der Waals surface area contributed by atoms with Crippen LogP contribution in [0.25, 0.3) is 0 Å². The molecule has 1 N–H and O–H groups in total. The molecule has 2 aromatic carbocycles. The molecular weight excluding hydrogens is 327 g/mol. The fourth-order valence-electron chi connectivity index (χ4n) is 2.25. The number of ether oxygens (including phenoxy) is 3. The van der Waals surface area contributed by atoms with Gasteiger partial charge in [-0.2, -0.15) is 0 Å². The lowest BCUT2D eigenvalue weighted by molar-refractivity contribution is -0.159. The van der Waals surface area contributed by atoms with Crippen LogP contribution in [0.2, 0.25) is 0 Å². The molecule has 1 atom stereocenters. The van der Waals surface area contributed by atoms with Crippen LogP contribution in [0.3, 0.4) is 0 Å². The maximum absolute atomic E-state index is 13.6. The average Bonchev–Trinajstić information content (AvgIpc) is 2.61. The van der Waals surface area contributed by atoms with Crippen molar-refractivity contribution in [2.24, 2.45) is 0 Å². The number of aromatic hydroxyl groups is 1. The summed E-state index contributed by atoms with van der Waals surface area (Å²) in [5.74, 6) is -0.367. The lowest BCUT2D eigenvalue weighted by atomic mass is 10.0. The molecule has 5 nitrogen and oxygen atoms in total. The molecule has 0 aliphatic heterocycles. The Labute approximate surface area is 146 Å². The van der Waals surface area contributed by atoms with E-state index in [4.69, 9.17) is 14.2 Å². The highest BCUT2D eigenvalue weighted by atomic mass is 19.1. The van der Waals surface area contributed by atoms with Gasteiger partial charge in [-0.1, -0.05) is 18.2 Å². The van der Waals surface area contributed by atoms with Crippen molar-refractivity contribution < 1.29 is 28.5 Å². The van der Waals surface area contributed by atoms with Crippen LogP contribution in [0.5, 0.6) is 11.5 Å². The van der Waals surface area contributed by atoms with Gasteiger partial charge >= 0.3 is 5.97 Å². The lowest BCUT2D eigenvalue weighted by Gasteiger charge is -2.28. The van der Waals surface area contributed by atoms with Gasteiger partial charge in [0.1, 0.15) is 17.3 Å². The first kappa shape index (κ1) is 18.7. The van der Waals surface area contributed by atoms with E-state index in [1.165, 1.54) is 25.3 Å². The molecule has 0 aliphatic rings. The van der Waals surface area contributed by atoms with E-state index in [-0.39, 0.29) is 31.2 Å². The lowest BCUT2D eigenvalue weighted by Crippen LogP contribution is -2.43. The van der Waals surface area contributed by atoms with Gasteiger partial charge in [-0.3, -0.25) is 0 Å². The molecule has 0 bridgehead atoms. The third-order valence-electron chi connectivity index (χ3n) is 3.74. The van der Waals surface area contributed by atoms with Crippen molar-refractivity contribution in [2.75, 3.05) is 13.7 Å². The molecule has 25 heavy (non-hydrogen) atoms. The number of hydrogen-bond acceptors (Lipinski definition) is 5. The summed E-state index contributed by atoms with van der Waals surface area (Å²) in [6.07, 6.45) is 0.217. The summed E-state index contributed by atoms with van der Waals surface area (Å²) in [7, 11) is 1.28. The molecule has 0 fully saturated rings. The molecule has 0 aromatic heterocycles. The Morgan fingerprint density at radius 2 is 1.84 bits per heavy atom. The minimum absolute atomic E-state index is 0.0975. The summed E-state index contributed by atoms with van der Waals surface area (Å²) in [6.45, 7) is 1.87. The molecule has 0 saturated heterocycles. The molecule has 1 unspecified atom stereocenters. The Balaban J connectivity index is 1.96. The quantitative estimate of drug-likeness (QED) is 0.585. The van der Waals surface area contributed by atoms with Crippen LogP contribution in [0.1, 0.15) is 18.9 Å². The number of carbonyl (C=O) groups is 1. The van der Waals surface area contributed by atoms with Crippen LogP contribution in [0.4, 0.5) is 4.39 Å². The Morgan fingerprint density at radius 1 is 1.16 bits per heavy atom. The van der Waals surface area contributed by atoms with Crippen molar-refractivity contribution >= 4 is 5.97 Å². The predicted octanol–water partition coefficient (Wildman–Crippen LogP) is 3.45. The van der Waals surface area contributed by atoms with Gasteiger partial charge in [-0.15, -0.1) is 0 Å². The molecule has 2 rings (SSSR count). The Bertz CT molecular complexity index is 701. The zero-order chi connectivity index (χ0) is 18.3. The summed E-state index contributed by atoms with van der Waals surface area (Å²) >= 11 is 0. The summed E-state index contributed by atoms with van der Waals surface area (Å²) in [5, 5.41) is 9.32. The van der Waals surface area contributed by atoms with Crippen molar-refractivity contribution in [1.82, 2.24) is 0 Å². The third kappa shape index (κ3) is 5.19. The highest BCUT2D eigenvalue weighted by Crippen LogP contribution is 2.25. The van der Waals surface area contributed by atoms with Crippen molar-refractivity contribution in [3.05, 3.63) is 59.9 Å². The molecule has 0 spiro atoms. The van der Waals surface area contributed by atoms with Gasteiger partial charge in [-0.25, -0.2) is 9.18 Å². The summed E-state index contributed by atoms with van der Waals surface area (Å²) in [4.78, 5) is 12.1. The van der Waals surface area contributed by atoms with E-state index in [0.29, 0.717) is 11.3 Å². The predicted molar refractivity (Wildman–Crippen MR) is 89.8 cm³/mol. The van der Waals surface area contributed by atoms with Crippen LogP contribution in [0, 0.1) is 5.82 Å². The van der Waals surface area contributed by atoms with Crippen LogP contribution in [0.15, 0.2) is 48.5 Å². The van der Waals surface area contributed by atoms with Crippen LogP contribution in [-0.4, -0.2) is 30.4 Å². The molecule has 0 amide bonds. The topological polar surface area (TPSA) is 65.0 Å². The van der Waals surface area contributed by atoms with E-state index in [9.17, 15) is 14.3 Å². The van der Waals surface area contributed by atoms with E-state index < -0.39 is 11.6 Å². The second-order valence-corrected chi connectivity index (χ2v) is 5.71. The van der Waals surface area contributed by atoms with Crippen molar-refractivity contribution in [3.8, 4) is 11.5 Å². The van der Waals surface area contributed by atoms with E-state index in [1.807, 2.05) is 0 Å². The van der Waals surface area contributed by atoms with E-state index in [2.05, 4.69) is 0 Å². The second kappa shape index (κ2) is 8.48. The number of hydrogen-bond donors (Lipinski definition) is 1. The largest absolute Gasteiger partial charge is 0.508 e. The number of esters is 1. The number of phenols is 1. The van der Waals surface area contributed by atoms with E-state index in [1.54, 1.807) is 37.3 Å². The first-order valence-electron chi connectivity index (χ1n) is 7.82. The number of phenolic OH excluding ortho intramolecular Hbond substituents is 1. The fraction of sp³-hybridized carbons (Fsp3) is 0.316. The number of halogens is 1. The Kier molecular flexibility index (Phi) is 6.36. The second-order valence-electron chi connectivity index (χ2n) is 5.71. The molecule has 0 radical (unpaired) electrons. The van der Waals surface area contributed by atoms with Gasteiger partial charge in [0.15, 0.2) is 0 Å². The van der Waals surface area contributed by atoms with Gasteiger partial charge in [0.05, 0.1) is 20.3 Å². The molecule has 2 aromatic rings. The standard InChI is InChI=1S/C19H21FO5/c1-19(18(22)23-2,25-16-9-7-15(21)8-10-16)11-12-24-13-14-5-3-4-6-17(14)20/h3-10,21H,11-13H2,1-2H3. The van der Waals surface area contributed by atoms with Crippen molar-refractivity contribution in [1.29, 1.82) is 0 Å². The van der Waals surface area contributed by atoms with Gasteiger partial charge < -0.3 is 19.3 Å². The maximum atomic E-state index is 13.6. The van der Waals surface area contributed by atoms with Gasteiger partial charge in [0, 0.05) is 12.0 Å². The normalized spacial score (nSPS) is 13.1. The summed E-state index contributed by atoms with van der Waals surface area (Å²) in [6, 6.07) is 12.4. The van der Waals surface area contributed by atoms with Gasteiger partial charge in [-0.05, 0) is 37.3 Å². The van der Waals surface area contributed by atoms with Crippen LogP contribution < -0.4 is 4.74 Å². The summed E-state index contributed by atoms with van der Waals surface area (Å²) < 4.78 is 29.6. The molecule has 134 valence electrons. The molecule has 0 heterocycles. The van der Waals surface area contributed by atoms with E-state index >= 15 is 0 Å². The SMILES string of the molecule is COC(=O)C(C)(CCOCc1ccccc1F)Oc1ccc(O)cc1. The Hall–Kier alpha value is -2.60. The van der Waals surface area contributed by atoms with Crippen molar-refractivity contribution in [2.45, 2.75) is 25.6 Å². The number of methoxy groups -OCH3 is 1. The molecule has 0 saturated carbocycles. The number of carbonyl (C=O) groups excluding carboxylic acids is 1. The zero-order valence-electron chi connectivity index (χ0n) is 14.2. The molecule has 6 heteroatoms. The van der Waals surface area contributed by atoms with Crippen LogP contribution >= 0.6 is 0 Å². The van der Waals surface area contributed by atoms with E-state index in [0.717, 1.165) is 0 Å². The smallest absolute Gasteiger partial charge is 0.350 e. The molecular formula is C19H21FO5.